The standard InChI is InChI=1S/C32H44N4O/c1-25(2)15-21-35(22-16-26(3)4)32(37)28-17-23-36-30(24-28)29(14-11-20-34-18-9-6-10-19-34)31(33-36)27-12-7-5-8-13-27/h5,7-8,11-14,17,23-26H,6,9-10,15-16,18-22H2,1-4H3/b14-11+. The molecule has 198 valence electrons. The third kappa shape index (κ3) is 7.32. The Morgan fingerprint density at radius 3 is 2.30 bits per heavy atom. The SMILES string of the molecule is CC(C)CCN(CCC(C)C)C(=O)c1ccn2nc(-c3ccccc3)c(/C=C/CN3CCCCC3)c2c1. The molecule has 3 heterocycles. The minimum Gasteiger partial charge on any atom is -0.339 e. The number of carbonyl (C=O) groups is 1. The molecule has 2 aromatic heterocycles. The van der Waals surface area contributed by atoms with Crippen LogP contribution in [0.3, 0.4) is 0 Å². The fourth-order valence-electron chi connectivity index (χ4n) is 4.96. The third-order valence-corrected chi connectivity index (χ3v) is 7.30. The maximum absolute atomic E-state index is 13.7. The number of benzene rings is 1. The predicted octanol–water partition coefficient (Wildman–Crippen LogP) is 7.03. The summed E-state index contributed by atoms with van der Waals surface area (Å²) in [6.07, 6.45) is 12.4. The van der Waals surface area contributed by atoms with Gasteiger partial charge in [0, 0.05) is 42.5 Å². The maximum Gasteiger partial charge on any atom is 0.253 e. The largest absolute Gasteiger partial charge is 0.339 e. The van der Waals surface area contributed by atoms with Crippen LogP contribution in [0.15, 0.2) is 54.7 Å². The van der Waals surface area contributed by atoms with Crippen molar-refractivity contribution in [3.8, 4) is 11.3 Å². The number of fused-ring (bicyclic) bond motifs is 1. The molecule has 0 N–H and O–H groups in total. The van der Waals surface area contributed by atoms with Gasteiger partial charge in [0.05, 0.1) is 5.52 Å². The molecule has 5 nitrogen and oxygen atoms in total. The summed E-state index contributed by atoms with van der Waals surface area (Å²) in [7, 11) is 0. The fraction of sp³-hybridized carbons (Fsp3) is 0.500. The highest BCUT2D eigenvalue weighted by Crippen LogP contribution is 2.28. The van der Waals surface area contributed by atoms with Crippen molar-refractivity contribution >= 4 is 17.5 Å². The number of likely N-dealkylation sites (tertiary alicyclic amines) is 1. The molecule has 0 spiro atoms. The molecule has 1 saturated heterocycles. The molecule has 0 atom stereocenters. The molecule has 0 saturated carbocycles. The van der Waals surface area contributed by atoms with E-state index in [1.54, 1.807) is 0 Å². The molecule has 0 aliphatic carbocycles. The Bertz CT molecular complexity index is 1160. The Balaban J connectivity index is 1.67. The highest BCUT2D eigenvalue weighted by Gasteiger charge is 2.19. The number of amides is 1. The lowest BCUT2D eigenvalue weighted by Gasteiger charge is -2.25. The lowest BCUT2D eigenvalue weighted by molar-refractivity contribution is 0.0741. The first-order chi connectivity index (χ1) is 17.9. The molecule has 1 amide bonds. The second kappa shape index (κ2) is 13.0. The Morgan fingerprint density at radius 2 is 1.65 bits per heavy atom. The number of aromatic nitrogens is 2. The first-order valence-electron chi connectivity index (χ1n) is 14.2. The topological polar surface area (TPSA) is 40.9 Å². The van der Waals surface area contributed by atoms with Crippen molar-refractivity contribution in [3.63, 3.8) is 0 Å². The van der Waals surface area contributed by atoms with Crippen molar-refractivity contribution in [2.24, 2.45) is 11.8 Å². The molecule has 4 rings (SSSR count). The zero-order valence-electron chi connectivity index (χ0n) is 23.2. The van der Waals surface area contributed by atoms with Crippen LogP contribution in [0.5, 0.6) is 0 Å². The number of hydrogen-bond acceptors (Lipinski definition) is 3. The molecule has 0 radical (unpaired) electrons. The van der Waals surface area contributed by atoms with E-state index in [2.05, 4.69) is 69.0 Å². The van der Waals surface area contributed by atoms with Gasteiger partial charge in [-0.25, -0.2) is 4.52 Å². The quantitative estimate of drug-likeness (QED) is 0.284. The lowest BCUT2D eigenvalue weighted by atomic mass is 10.0. The normalized spacial score (nSPS) is 14.9. The number of pyridine rings is 1. The van der Waals surface area contributed by atoms with Crippen LogP contribution in [0.2, 0.25) is 0 Å². The molecule has 0 bridgehead atoms. The van der Waals surface area contributed by atoms with Crippen LogP contribution in [0.4, 0.5) is 0 Å². The van der Waals surface area contributed by atoms with Gasteiger partial charge in [0.25, 0.3) is 5.91 Å². The lowest BCUT2D eigenvalue weighted by Crippen LogP contribution is -2.34. The van der Waals surface area contributed by atoms with E-state index < -0.39 is 0 Å². The minimum absolute atomic E-state index is 0.120. The van der Waals surface area contributed by atoms with E-state index in [0.717, 1.165) is 60.4 Å². The minimum atomic E-state index is 0.120. The van der Waals surface area contributed by atoms with Crippen LogP contribution in [0.1, 0.15) is 75.7 Å². The molecule has 0 unspecified atom stereocenters. The van der Waals surface area contributed by atoms with Crippen LogP contribution < -0.4 is 0 Å². The van der Waals surface area contributed by atoms with Gasteiger partial charge in [0.1, 0.15) is 5.69 Å². The Kier molecular flexibility index (Phi) is 9.56. The Morgan fingerprint density at radius 1 is 0.973 bits per heavy atom. The number of nitrogens with zero attached hydrogens (tertiary/aromatic N) is 4. The molecular formula is C32H44N4O. The molecule has 1 fully saturated rings. The van der Waals surface area contributed by atoms with Gasteiger partial charge in [-0.2, -0.15) is 5.10 Å². The smallest absolute Gasteiger partial charge is 0.253 e. The van der Waals surface area contributed by atoms with Crippen molar-refractivity contribution in [1.82, 2.24) is 19.4 Å². The maximum atomic E-state index is 13.7. The molecule has 1 aliphatic rings. The van der Waals surface area contributed by atoms with Gasteiger partial charge < -0.3 is 4.90 Å². The van der Waals surface area contributed by atoms with E-state index in [1.807, 2.05) is 33.8 Å². The summed E-state index contributed by atoms with van der Waals surface area (Å²) in [6, 6.07) is 14.3. The van der Waals surface area contributed by atoms with Gasteiger partial charge in [-0.05, 0) is 62.7 Å². The summed E-state index contributed by atoms with van der Waals surface area (Å²) in [4.78, 5) is 18.3. The fourth-order valence-corrected chi connectivity index (χ4v) is 4.96. The van der Waals surface area contributed by atoms with Crippen molar-refractivity contribution in [3.05, 3.63) is 65.9 Å². The third-order valence-electron chi connectivity index (χ3n) is 7.30. The van der Waals surface area contributed by atoms with Gasteiger partial charge in [-0.15, -0.1) is 0 Å². The second-order valence-corrected chi connectivity index (χ2v) is 11.3. The molecule has 1 aromatic carbocycles. The first kappa shape index (κ1) is 27.1. The van der Waals surface area contributed by atoms with Crippen LogP contribution in [-0.4, -0.2) is 58.0 Å². The van der Waals surface area contributed by atoms with Crippen LogP contribution >= 0.6 is 0 Å². The van der Waals surface area contributed by atoms with Gasteiger partial charge in [-0.3, -0.25) is 9.69 Å². The van der Waals surface area contributed by atoms with Crippen molar-refractivity contribution in [2.45, 2.75) is 59.8 Å². The average molecular weight is 501 g/mol. The number of rotatable bonds is 11. The Hall–Kier alpha value is -2.92. The molecular weight excluding hydrogens is 456 g/mol. The number of piperidine rings is 1. The van der Waals surface area contributed by atoms with E-state index >= 15 is 0 Å². The van der Waals surface area contributed by atoms with Crippen LogP contribution in [-0.2, 0) is 0 Å². The van der Waals surface area contributed by atoms with Crippen molar-refractivity contribution in [2.75, 3.05) is 32.7 Å². The van der Waals surface area contributed by atoms with Gasteiger partial charge in [0.2, 0.25) is 0 Å². The van der Waals surface area contributed by atoms with E-state index in [9.17, 15) is 4.79 Å². The zero-order valence-corrected chi connectivity index (χ0v) is 23.2. The van der Waals surface area contributed by atoms with E-state index in [0.29, 0.717) is 11.8 Å². The summed E-state index contributed by atoms with van der Waals surface area (Å²) >= 11 is 0. The molecule has 37 heavy (non-hydrogen) atoms. The van der Waals surface area contributed by atoms with E-state index in [1.165, 1.54) is 32.4 Å². The van der Waals surface area contributed by atoms with Gasteiger partial charge >= 0.3 is 0 Å². The summed E-state index contributed by atoms with van der Waals surface area (Å²) in [5.41, 5.74) is 4.84. The molecule has 1 aliphatic heterocycles. The summed E-state index contributed by atoms with van der Waals surface area (Å²) < 4.78 is 1.92. The first-order valence-corrected chi connectivity index (χ1v) is 14.2. The molecule has 5 heteroatoms. The van der Waals surface area contributed by atoms with Crippen molar-refractivity contribution < 1.29 is 4.79 Å². The zero-order chi connectivity index (χ0) is 26.2. The summed E-state index contributed by atoms with van der Waals surface area (Å²) in [5.74, 6) is 1.25. The second-order valence-electron chi connectivity index (χ2n) is 11.3. The van der Waals surface area contributed by atoms with E-state index in [-0.39, 0.29) is 5.91 Å². The number of hydrogen-bond donors (Lipinski definition) is 0. The monoisotopic (exact) mass is 500 g/mol. The van der Waals surface area contributed by atoms with E-state index in [4.69, 9.17) is 5.10 Å². The average Bonchev–Trinajstić information content (AvgIpc) is 3.27. The number of carbonyl (C=O) groups excluding carboxylic acids is 1. The Labute approximate surface area is 223 Å². The molecule has 3 aromatic rings. The van der Waals surface area contributed by atoms with Gasteiger partial charge in [-0.1, -0.05) is 76.6 Å². The van der Waals surface area contributed by atoms with Crippen molar-refractivity contribution in [1.29, 1.82) is 0 Å². The highest BCUT2D eigenvalue weighted by molar-refractivity contribution is 5.96. The summed E-state index contributed by atoms with van der Waals surface area (Å²) in [6.45, 7) is 13.8. The van der Waals surface area contributed by atoms with Crippen LogP contribution in [0.25, 0.3) is 22.9 Å². The van der Waals surface area contributed by atoms with Crippen LogP contribution in [0, 0.1) is 11.8 Å². The van der Waals surface area contributed by atoms with Gasteiger partial charge in [0.15, 0.2) is 0 Å². The highest BCUT2D eigenvalue weighted by atomic mass is 16.2. The summed E-state index contributed by atoms with van der Waals surface area (Å²) in [5, 5.41) is 4.94. The predicted molar refractivity (Wildman–Crippen MR) is 155 cm³/mol.